The minimum atomic E-state index is 0.255. The van der Waals surface area contributed by atoms with Gasteiger partial charge in [0.15, 0.2) is 5.96 Å². The van der Waals surface area contributed by atoms with Gasteiger partial charge in [-0.2, -0.15) is 0 Å². The molecule has 1 amide bonds. The van der Waals surface area contributed by atoms with Crippen molar-refractivity contribution in [2.75, 3.05) is 45.2 Å². The largest absolute Gasteiger partial charge is 0.377 e. The van der Waals surface area contributed by atoms with Gasteiger partial charge in [-0.05, 0) is 43.0 Å². The molecule has 0 aliphatic carbocycles. The SMILES string of the molecule is CCNC(=NCc1ccc(C)cc1N(C)C)NCC1CC(=O)N(CCc2ccccc2)C1. The Hall–Kier alpha value is -3.02. The van der Waals surface area contributed by atoms with E-state index in [4.69, 9.17) is 4.99 Å². The molecule has 0 saturated carbocycles. The zero-order valence-electron chi connectivity index (χ0n) is 19.9. The number of carbonyl (C=O) groups is 1. The Labute approximate surface area is 192 Å². The molecule has 32 heavy (non-hydrogen) atoms. The van der Waals surface area contributed by atoms with Gasteiger partial charge < -0.3 is 20.4 Å². The van der Waals surface area contributed by atoms with E-state index in [-0.39, 0.29) is 5.91 Å². The molecule has 0 radical (unpaired) electrons. The summed E-state index contributed by atoms with van der Waals surface area (Å²) in [4.78, 5) is 21.4. The third-order valence-corrected chi connectivity index (χ3v) is 5.84. The number of nitrogens with zero attached hydrogens (tertiary/aromatic N) is 3. The van der Waals surface area contributed by atoms with E-state index in [1.54, 1.807) is 0 Å². The molecule has 2 aromatic carbocycles. The van der Waals surface area contributed by atoms with Crippen LogP contribution in [0.3, 0.4) is 0 Å². The third-order valence-electron chi connectivity index (χ3n) is 5.84. The summed E-state index contributed by atoms with van der Waals surface area (Å²) < 4.78 is 0. The lowest BCUT2D eigenvalue weighted by atomic mass is 10.1. The highest BCUT2D eigenvalue weighted by Gasteiger charge is 2.29. The normalized spacial score (nSPS) is 16.4. The molecule has 1 aliphatic rings. The number of aliphatic imine (C=N–C) groups is 1. The first-order valence-corrected chi connectivity index (χ1v) is 11.6. The third kappa shape index (κ3) is 6.74. The molecule has 6 nitrogen and oxygen atoms in total. The molecule has 0 bridgehead atoms. The van der Waals surface area contributed by atoms with Crippen LogP contribution in [-0.2, 0) is 17.8 Å². The van der Waals surface area contributed by atoms with Crippen LogP contribution in [0.4, 0.5) is 5.69 Å². The van der Waals surface area contributed by atoms with Crippen molar-refractivity contribution in [2.24, 2.45) is 10.9 Å². The molecule has 2 N–H and O–H groups in total. The highest BCUT2D eigenvalue weighted by molar-refractivity contribution is 5.81. The maximum absolute atomic E-state index is 12.5. The van der Waals surface area contributed by atoms with E-state index >= 15 is 0 Å². The van der Waals surface area contributed by atoms with Crippen LogP contribution in [-0.4, -0.2) is 57.0 Å². The topological polar surface area (TPSA) is 60.0 Å². The summed E-state index contributed by atoms with van der Waals surface area (Å²) >= 11 is 0. The van der Waals surface area contributed by atoms with E-state index < -0.39 is 0 Å². The number of benzene rings is 2. The first-order chi connectivity index (χ1) is 15.5. The van der Waals surface area contributed by atoms with E-state index in [1.165, 1.54) is 22.4 Å². The molecule has 0 aromatic heterocycles. The van der Waals surface area contributed by atoms with Crippen molar-refractivity contribution < 1.29 is 4.79 Å². The quantitative estimate of drug-likeness (QED) is 0.469. The van der Waals surface area contributed by atoms with Crippen molar-refractivity contribution in [3.8, 4) is 0 Å². The average molecular weight is 436 g/mol. The molecule has 1 fully saturated rings. The van der Waals surface area contributed by atoms with E-state index in [2.05, 4.69) is 73.8 Å². The van der Waals surface area contributed by atoms with Crippen molar-refractivity contribution >= 4 is 17.6 Å². The van der Waals surface area contributed by atoms with E-state index in [0.29, 0.717) is 18.9 Å². The van der Waals surface area contributed by atoms with Crippen LogP contribution in [0.1, 0.15) is 30.0 Å². The van der Waals surface area contributed by atoms with Gasteiger partial charge in [-0.3, -0.25) is 4.79 Å². The predicted octanol–water partition coefficient (Wildman–Crippen LogP) is 3.21. The molecule has 3 rings (SSSR count). The molecule has 1 saturated heterocycles. The van der Waals surface area contributed by atoms with Crippen LogP contribution in [0.25, 0.3) is 0 Å². The van der Waals surface area contributed by atoms with Gasteiger partial charge in [0.2, 0.25) is 5.91 Å². The number of likely N-dealkylation sites (tertiary alicyclic amines) is 1. The molecule has 1 atom stereocenters. The van der Waals surface area contributed by atoms with E-state index in [1.807, 2.05) is 23.1 Å². The van der Waals surface area contributed by atoms with Gasteiger partial charge >= 0.3 is 0 Å². The molecule has 1 heterocycles. The summed E-state index contributed by atoms with van der Waals surface area (Å²) in [6.45, 7) is 7.92. The van der Waals surface area contributed by atoms with Crippen LogP contribution >= 0.6 is 0 Å². The van der Waals surface area contributed by atoms with E-state index in [0.717, 1.165) is 38.6 Å². The smallest absolute Gasteiger partial charge is 0.223 e. The molecule has 6 heteroatoms. The predicted molar refractivity (Wildman–Crippen MR) is 133 cm³/mol. The van der Waals surface area contributed by atoms with Crippen molar-refractivity contribution in [1.29, 1.82) is 0 Å². The zero-order valence-corrected chi connectivity index (χ0v) is 19.9. The summed E-state index contributed by atoms with van der Waals surface area (Å²) in [5.74, 6) is 1.36. The number of nitrogens with one attached hydrogen (secondary N) is 2. The molecule has 1 aliphatic heterocycles. The summed E-state index contributed by atoms with van der Waals surface area (Å²) in [7, 11) is 4.12. The number of hydrogen-bond donors (Lipinski definition) is 2. The summed E-state index contributed by atoms with van der Waals surface area (Å²) in [5, 5.41) is 6.79. The Bertz CT molecular complexity index is 910. The Balaban J connectivity index is 1.54. The number of carbonyl (C=O) groups excluding carboxylic acids is 1. The fraction of sp³-hybridized carbons (Fsp3) is 0.462. The second-order valence-electron chi connectivity index (χ2n) is 8.75. The Morgan fingerprint density at radius 2 is 1.94 bits per heavy atom. The maximum atomic E-state index is 12.5. The number of anilines is 1. The molecule has 0 spiro atoms. The molecular weight excluding hydrogens is 398 g/mol. The summed E-state index contributed by atoms with van der Waals surface area (Å²) in [5.41, 5.74) is 4.91. The van der Waals surface area contributed by atoms with Gasteiger partial charge in [0.25, 0.3) is 0 Å². The van der Waals surface area contributed by atoms with Crippen molar-refractivity contribution in [3.05, 3.63) is 65.2 Å². The molecule has 2 aromatic rings. The van der Waals surface area contributed by atoms with Gasteiger partial charge in [0.05, 0.1) is 6.54 Å². The monoisotopic (exact) mass is 435 g/mol. The second-order valence-corrected chi connectivity index (χ2v) is 8.75. The highest BCUT2D eigenvalue weighted by atomic mass is 16.2. The minimum Gasteiger partial charge on any atom is -0.377 e. The zero-order chi connectivity index (χ0) is 22.9. The number of aryl methyl sites for hydroxylation is 1. The molecule has 172 valence electrons. The Morgan fingerprint density at radius 3 is 2.66 bits per heavy atom. The van der Waals surface area contributed by atoms with Crippen LogP contribution in [0.2, 0.25) is 0 Å². The van der Waals surface area contributed by atoms with Gasteiger partial charge in [-0.1, -0.05) is 42.5 Å². The first kappa shape index (κ1) is 23.6. The van der Waals surface area contributed by atoms with Crippen LogP contribution in [0.15, 0.2) is 53.5 Å². The second kappa shape index (κ2) is 11.6. The van der Waals surface area contributed by atoms with Crippen molar-refractivity contribution in [2.45, 2.75) is 33.2 Å². The summed E-state index contributed by atoms with van der Waals surface area (Å²) in [6.07, 6.45) is 1.51. The Morgan fingerprint density at radius 1 is 1.16 bits per heavy atom. The number of guanidine groups is 1. The number of amides is 1. The van der Waals surface area contributed by atoms with Crippen molar-refractivity contribution in [1.82, 2.24) is 15.5 Å². The van der Waals surface area contributed by atoms with E-state index in [9.17, 15) is 4.79 Å². The number of hydrogen-bond acceptors (Lipinski definition) is 3. The maximum Gasteiger partial charge on any atom is 0.223 e. The lowest BCUT2D eigenvalue weighted by Gasteiger charge is -2.19. The average Bonchev–Trinajstić information content (AvgIpc) is 3.14. The molecular formula is C26H37N5O. The van der Waals surface area contributed by atoms with Crippen LogP contribution < -0.4 is 15.5 Å². The van der Waals surface area contributed by atoms with Gasteiger partial charge in [-0.15, -0.1) is 0 Å². The standard InChI is InChI=1S/C26H37N5O/c1-5-27-26(29-18-23-12-11-20(2)15-24(23)30(3)4)28-17-22-16-25(32)31(19-22)14-13-21-9-7-6-8-10-21/h6-12,15,22H,5,13-14,16-19H2,1-4H3,(H2,27,28,29). The fourth-order valence-electron chi connectivity index (χ4n) is 4.09. The molecule has 1 unspecified atom stereocenters. The van der Waals surface area contributed by atoms with Gasteiger partial charge in [0, 0.05) is 58.3 Å². The van der Waals surface area contributed by atoms with Crippen LogP contribution in [0.5, 0.6) is 0 Å². The fourth-order valence-corrected chi connectivity index (χ4v) is 4.09. The number of rotatable bonds is 9. The highest BCUT2D eigenvalue weighted by Crippen LogP contribution is 2.21. The van der Waals surface area contributed by atoms with Gasteiger partial charge in [0.1, 0.15) is 0 Å². The lowest BCUT2D eigenvalue weighted by molar-refractivity contribution is -0.127. The van der Waals surface area contributed by atoms with Crippen LogP contribution in [0, 0.1) is 12.8 Å². The summed E-state index contributed by atoms with van der Waals surface area (Å²) in [6, 6.07) is 16.8. The minimum absolute atomic E-state index is 0.255. The lowest BCUT2D eigenvalue weighted by Crippen LogP contribution is -2.40. The first-order valence-electron chi connectivity index (χ1n) is 11.6. The Kier molecular flexibility index (Phi) is 8.54. The van der Waals surface area contributed by atoms with Gasteiger partial charge in [-0.25, -0.2) is 4.99 Å². The van der Waals surface area contributed by atoms with Crippen molar-refractivity contribution in [3.63, 3.8) is 0 Å².